The zero-order chi connectivity index (χ0) is 30.4. The quantitative estimate of drug-likeness (QED) is 0.216. The van der Waals surface area contributed by atoms with Gasteiger partial charge in [0.25, 0.3) is 5.91 Å². The van der Waals surface area contributed by atoms with Crippen LogP contribution in [0.25, 0.3) is 27.0 Å². The number of hydrogen-bond acceptors (Lipinski definition) is 8. The maximum atomic E-state index is 15.0. The first kappa shape index (κ1) is 28.5. The van der Waals surface area contributed by atoms with Crippen LogP contribution < -0.4 is 9.62 Å². The highest BCUT2D eigenvalue weighted by Gasteiger charge is 2.44. The molecule has 2 aromatic heterocycles. The number of rotatable bonds is 7. The molecule has 44 heavy (non-hydrogen) atoms. The molecule has 0 bridgehead atoms. The molecule has 1 N–H and O–H groups in total. The summed E-state index contributed by atoms with van der Waals surface area (Å²) >= 11 is 14.4. The van der Waals surface area contributed by atoms with E-state index in [4.69, 9.17) is 27.7 Å². The van der Waals surface area contributed by atoms with Gasteiger partial charge in [0.15, 0.2) is 10.9 Å². The summed E-state index contributed by atoms with van der Waals surface area (Å²) in [6.07, 6.45) is 8.30. The monoisotopic (exact) mass is 672 g/mol. The van der Waals surface area contributed by atoms with Crippen molar-refractivity contribution in [1.29, 1.82) is 0 Å². The lowest BCUT2D eigenvalue weighted by atomic mass is 9.63. The molecule has 0 unspecified atom stereocenters. The number of anilines is 1. The zero-order valence-corrected chi connectivity index (χ0v) is 26.6. The van der Waals surface area contributed by atoms with Crippen LogP contribution in [0.1, 0.15) is 72.5 Å². The van der Waals surface area contributed by atoms with Crippen molar-refractivity contribution in [2.45, 2.75) is 56.1 Å². The summed E-state index contributed by atoms with van der Waals surface area (Å²) in [6, 6.07) is 8.02. The van der Waals surface area contributed by atoms with Gasteiger partial charge in [-0.15, -0.1) is 0 Å². The number of nitrogens with zero attached hydrogens (tertiary/aromatic N) is 3. The molecular formula is C31H27Cl2FN4O4S2. The van der Waals surface area contributed by atoms with Crippen molar-refractivity contribution in [2.75, 3.05) is 18.0 Å². The summed E-state index contributed by atoms with van der Waals surface area (Å²) < 4.78 is 47.9. The molecule has 0 radical (unpaired) electrons. The van der Waals surface area contributed by atoms with Crippen LogP contribution in [0, 0.1) is 11.2 Å². The molecule has 1 amide bonds. The first-order valence-corrected chi connectivity index (χ1v) is 17.8. The standard InChI is InChI=1S/C31H27Cl2FN4O4S2/c32-20-2-1-3-21(33)25(20)27-24(28(42-36-27)16-4-5-16)18-14-31(15-18)8-10-38(11-9-31)30-35-26-22(34)12-17(13-23(26)43-30)29(39)37-44(40,41)19-6-7-19/h1-3,12-14,16,19H,4-11,15H2,(H,37,39). The topological polar surface area (TPSA) is 105 Å². The number of allylic oxidation sites excluding steroid dienone is 2. The van der Waals surface area contributed by atoms with Gasteiger partial charge in [0.2, 0.25) is 10.0 Å². The number of halogens is 3. The predicted octanol–water partition coefficient (Wildman–Crippen LogP) is 7.57. The fraction of sp³-hybridized carbons (Fsp3) is 0.387. The molecular weight excluding hydrogens is 646 g/mol. The Bertz CT molecular complexity index is 1970. The Morgan fingerprint density at radius 2 is 1.80 bits per heavy atom. The van der Waals surface area contributed by atoms with E-state index < -0.39 is 27.0 Å². The smallest absolute Gasteiger partial charge is 0.264 e. The Morgan fingerprint density at radius 3 is 2.45 bits per heavy atom. The molecule has 2 aromatic carbocycles. The average Bonchev–Trinajstić information content (AvgIpc) is 3.91. The summed E-state index contributed by atoms with van der Waals surface area (Å²) in [5.41, 5.74) is 3.85. The maximum absolute atomic E-state index is 15.0. The molecule has 228 valence electrons. The van der Waals surface area contributed by atoms with E-state index in [1.165, 1.54) is 23.0 Å². The van der Waals surface area contributed by atoms with E-state index in [-0.39, 0.29) is 16.5 Å². The van der Waals surface area contributed by atoms with Crippen LogP contribution in [0.2, 0.25) is 10.0 Å². The lowest BCUT2D eigenvalue weighted by Crippen LogP contribution is -2.42. The minimum Gasteiger partial charge on any atom is -0.360 e. The Morgan fingerprint density at radius 1 is 1.09 bits per heavy atom. The third kappa shape index (κ3) is 4.92. The van der Waals surface area contributed by atoms with E-state index in [2.05, 4.69) is 25.8 Å². The lowest BCUT2D eigenvalue weighted by Gasteiger charge is -2.46. The number of hydrogen-bond donors (Lipinski definition) is 1. The van der Waals surface area contributed by atoms with Crippen molar-refractivity contribution >= 4 is 71.4 Å². The van der Waals surface area contributed by atoms with Crippen molar-refractivity contribution in [1.82, 2.24) is 14.9 Å². The second-order valence-electron chi connectivity index (χ2n) is 12.3. The highest BCUT2D eigenvalue weighted by Crippen LogP contribution is 2.56. The van der Waals surface area contributed by atoms with Crippen molar-refractivity contribution in [3.8, 4) is 11.3 Å². The first-order chi connectivity index (χ1) is 21.1. The normalized spacial score (nSPS) is 19.7. The van der Waals surface area contributed by atoms with Gasteiger partial charge in [0.05, 0.1) is 20.0 Å². The van der Waals surface area contributed by atoms with E-state index >= 15 is 4.39 Å². The largest absolute Gasteiger partial charge is 0.360 e. The Kier molecular flexibility index (Phi) is 6.65. The van der Waals surface area contributed by atoms with Crippen LogP contribution in [-0.4, -0.2) is 42.8 Å². The Balaban J connectivity index is 1.01. The second-order valence-corrected chi connectivity index (χ2v) is 16.1. The van der Waals surface area contributed by atoms with Crippen LogP contribution in [0.15, 0.2) is 40.9 Å². The van der Waals surface area contributed by atoms with Crippen LogP contribution in [0.4, 0.5) is 9.52 Å². The highest BCUT2D eigenvalue weighted by atomic mass is 35.5. The SMILES string of the molecule is O=C(NS(=O)(=O)C1CC1)c1cc(F)c2nc(N3CCC4(C=C(c5c(-c6c(Cl)cccc6Cl)noc5C5CC5)C4)CC3)sc2c1. The van der Waals surface area contributed by atoms with E-state index in [0.29, 0.717) is 49.9 Å². The number of carbonyl (C=O) groups excluding carboxylic acids is 1. The number of carbonyl (C=O) groups is 1. The summed E-state index contributed by atoms with van der Waals surface area (Å²) in [7, 11) is -3.73. The molecule has 0 atom stereocenters. The van der Waals surface area contributed by atoms with E-state index in [0.717, 1.165) is 62.6 Å². The van der Waals surface area contributed by atoms with Gasteiger partial charge >= 0.3 is 0 Å². The van der Waals surface area contributed by atoms with Crippen LogP contribution in [0.5, 0.6) is 0 Å². The molecule has 3 aliphatic carbocycles. The highest BCUT2D eigenvalue weighted by molar-refractivity contribution is 7.91. The van der Waals surface area contributed by atoms with E-state index in [9.17, 15) is 13.2 Å². The number of aromatic nitrogens is 2. The fourth-order valence-corrected chi connectivity index (χ4v) is 9.32. The summed E-state index contributed by atoms with van der Waals surface area (Å²) in [6.45, 7) is 1.50. The number of amides is 1. The number of fused-ring (bicyclic) bond motifs is 1. The second kappa shape index (κ2) is 10.3. The summed E-state index contributed by atoms with van der Waals surface area (Å²) in [5, 5.41) is 5.67. The molecule has 2 saturated carbocycles. The van der Waals surface area contributed by atoms with Gasteiger partial charge in [-0.2, -0.15) is 0 Å². The number of sulfonamides is 1. The molecule has 8 nitrogen and oxygen atoms in total. The van der Waals surface area contributed by atoms with Crippen molar-refractivity contribution < 1.29 is 22.1 Å². The van der Waals surface area contributed by atoms with Crippen molar-refractivity contribution in [3.63, 3.8) is 0 Å². The first-order valence-electron chi connectivity index (χ1n) is 14.7. The molecule has 8 rings (SSSR count). The molecule has 1 aliphatic heterocycles. The molecule has 4 aliphatic rings. The van der Waals surface area contributed by atoms with Crippen LogP contribution in [-0.2, 0) is 10.0 Å². The number of benzene rings is 2. The van der Waals surface area contributed by atoms with Crippen molar-refractivity contribution in [3.05, 3.63) is 69.2 Å². The summed E-state index contributed by atoms with van der Waals surface area (Å²) in [5.74, 6) is -0.170. The molecule has 4 aromatic rings. The lowest BCUT2D eigenvalue weighted by molar-refractivity contribution is 0.0981. The minimum atomic E-state index is -3.73. The summed E-state index contributed by atoms with van der Waals surface area (Å²) in [4.78, 5) is 19.3. The van der Waals surface area contributed by atoms with Gasteiger partial charge in [0.1, 0.15) is 17.0 Å². The average molecular weight is 674 g/mol. The van der Waals surface area contributed by atoms with E-state index in [1.54, 1.807) is 0 Å². The molecule has 1 spiro atoms. The van der Waals surface area contributed by atoms with Crippen molar-refractivity contribution in [2.24, 2.45) is 5.41 Å². The van der Waals surface area contributed by atoms with Gasteiger partial charge in [-0.25, -0.2) is 22.5 Å². The number of nitrogens with one attached hydrogen (secondary N) is 1. The van der Waals surface area contributed by atoms with Gasteiger partial charge in [-0.05, 0) is 80.2 Å². The number of thiazole rings is 1. The number of piperidine rings is 1. The van der Waals surface area contributed by atoms with Gasteiger partial charge in [0, 0.05) is 35.7 Å². The van der Waals surface area contributed by atoms with Gasteiger partial charge in [-0.3, -0.25) is 4.79 Å². The van der Waals surface area contributed by atoms with E-state index in [1.807, 2.05) is 18.2 Å². The van der Waals surface area contributed by atoms with Gasteiger partial charge in [-0.1, -0.05) is 51.8 Å². The Hall–Kier alpha value is -2.99. The molecule has 3 heterocycles. The minimum absolute atomic E-state index is 0.0316. The third-order valence-corrected chi connectivity index (χ3v) is 12.6. The van der Waals surface area contributed by atoms with Gasteiger partial charge < -0.3 is 9.42 Å². The fourth-order valence-electron chi connectivity index (χ4n) is 6.37. The predicted molar refractivity (Wildman–Crippen MR) is 169 cm³/mol. The molecule has 1 saturated heterocycles. The zero-order valence-electron chi connectivity index (χ0n) is 23.4. The van der Waals surface area contributed by atoms with Crippen LogP contribution >= 0.6 is 34.5 Å². The van der Waals surface area contributed by atoms with Crippen LogP contribution in [0.3, 0.4) is 0 Å². The molecule has 3 fully saturated rings. The Labute approximate surface area is 267 Å². The maximum Gasteiger partial charge on any atom is 0.264 e. The third-order valence-electron chi connectivity index (χ3n) is 9.14. The molecule has 13 heteroatoms.